The number of hydrogen-bond donors (Lipinski definition) is 2. The van der Waals surface area contributed by atoms with Crippen molar-refractivity contribution < 1.29 is 0 Å². The molecular weight excluding hydrogens is 347 g/mol. The van der Waals surface area contributed by atoms with Crippen LogP contribution in [0.1, 0.15) is 25.8 Å². The van der Waals surface area contributed by atoms with Crippen molar-refractivity contribution in [2.24, 2.45) is 0 Å². The summed E-state index contributed by atoms with van der Waals surface area (Å²) in [5.74, 6) is 0. The molecule has 1 aromatic carbocycles. The van der Waals surface area contributed by atoms with Gasteiger partial charge in [0.05, 0.1) is 5.02 Å². The molecule has 96 valence electrons. The van der Waals surface area contributed by atoms with Crippen LogP contribution in [-0.4, -0.2) is 19.1 Å². The van der Waals surface area contributed by atoms with Gasteiger partial charge < -0.3 is 10.6 Å². The minimum atomic E-state index is 0.574. The van der Waals surface area contributed by atoms with Gasteiger partial charge in [0.2, 0.25) is 0 Å². The van der Waals surface area contributed by atoms with Crippen molar-refractivity contribution in [2.75, 3.05) is 13.1 Å². The quantitative estimate of drug-likeness (QED) is 0.571. The lowest BCUT2D eigenvalue weighted by Crippen LogP contribution is -2.26. The molecule has 0 aliphatic heterocycles. The predicted molar refractivity (Wildman–Crippen MR) is 83.6 cm³/mol. The van der Waals surface area contributed by atoms with Crippen LogP contribution >= 0.6 is 34.2 Å². The molecule has 0 unspecified atom stereocenters. The highest BCUT2D eigenvalue weighted by Crippen LogP contribution is 2.19. The summed E-state index contributed by atoms with van der Waals surface area (Å²) in [6.45, 7) is 7.32. The molecule has 1 aromatic rings. The van der Waals surface area contributed by atoms with Gasteiger partial charge in [0.15, 0.2) is 0 Å². The fraction of sp³-hybridized carbons (Fsp3) is 0.538. The molecule has 2 nitrogen and oxygen atoms in total. The van der Waals surface area contributed by atoms with Gasteiger partial charge in [-0.15, -0.1) is 0 Å². The van der Waals surface area contributed by atoms with E-state index in [1.54, 1.807) is 0 Å². The molecule has 0 fully saturated rings. The van der Waals surface area contributed by atoms with Gasteiger partial charge in [-0.1, -0.05) is 31.5 Å². The van der Waals surface area contributed by atoms with Gasteiger partial charge >= 0.3 is 0 Å². The lowest BCUT2D eigenvalue weighted by Gasteiger charge is -2.09. The first-order chi connectivity index (χ1) is 8.09. The molecule has 0 bridgehead atoms. The minimum Gasteiger partial charge on any atom is -0.314 e. The summed E-state index contributed by atoms with van der Waals surface area (Å²) in [5.41, 5.74) is 1.24. The zero-order valence-electron chi connectivity index (χ0n) is 10.4. The third-order valence-corrected chi connectivity index (χ3v) is 3.97. The maximum absolute atomic E-state index is 6.07. The van der Waals surface area contributed by atoms with E-state index in [9.17, 15) is 0 Å². The second-order valence-corrected chi connectivity index (χ2v) is 5.96. The lowest BCUT2D eigenvalue weighted by molar-refractivity contribution is 0.547. The Bertz CT molecular complexity index is 342. The molecule has 0 aromatic heterocycles. The highest BCUT2D eigenvalue weighted by Gasteiger charge is 1.98. The second-order valence-electron chi connectivity index (χ2n) is 4.39. The van der Waals surface area contributed by atoms with E-state index in [-0.39, 0.29) is 0 Å². The fourth-order valence-corrected chi connectivity index (χ4v) is 2.03. The van der Waals surface area contributed by atoms with Crippen molar-refractivity contribution in [1.29, 1.82) is 0 Å². The average molecular weight is 367 g/mol. The van der Waals surface area contributed by atoms with Gasteiger partial charge in [0, 0.05) is 16.2 Å². The molecular formula is C13H20ClIN2. The standard InChI is InChI=1S/C13H20ClIN2/c1-10(2)17-7-3-6-16-9-11-4-5-13(15)12(14)8-11/h4-5,8,10,16-17H,3,6-7,9H2,1-2H3. The van der Waals surface area contributed by atoms with Gasteiger partial charge in [0.25, 0.3) is 0 Å². The fourth-order valence-electron chi connectivity index (χ4n) is 1.49. The monoisotopic (exact) mass is 366 g/mol. The van der Waals surface area contributed by atoms with Crippen molar-refractivity contribution in [2.45, 2.75) is 32.9 Å². The molecule has 2 N–H and O–H groups in total. The minimum absolute atomic E-state index is 0.574. The summed E-state index contributed by atoms with van der Waals surface area (Å²) in [7, 11) is 0. The molecule has 1 rings (SSSR count). The van der Waals surface area contributed by atoms with Crippen molar-refractivity contribution in [1.82, 2.24) is 10.6 Å². The number of rotatable bonds is 7. The number of nitrogens with one attached hydrogen (secondary N) is 2. The van der Waals surface area contributed by atoms with Crippen LogP contribution in [0.5, 0.6) is 0 Å². The van der Waals surface area contributed by atoms with E-state index in [0.717, 1.165) is 34.6 Å². The van der Waals surface area contributed by atoms with Crippen LogP contribution < -0.4 is 10.6 Å². The van der Waals surface area contributed by atoms with Crippen LogP contribution in [0.3, 0.4) is 0 Å². The molecule has 0 heterocycles. The summed E-state index contributed by atoms with van der Waals surface area (Å²) in [5, 5.41) is 7.66. The van der Waals surface area contributed by atoms with Crippen molar-refractivity contribution in [3.63, 3.8) is 0 Å². The maximum Gasteiger partial charge on any atom is 0.0542 e. The number of benzene rings is 1. The average Bonchev–Trinajstić information content (AvgIpc) is 2.27. The van der Waals surface area contributed by atoms with Gasteiger partial charge in [-0.25, -0.2) is 0 Å². The highest BCUT2D eigenvalue weighted by atomic mass is 127. The first-order valence-electron chi connectivity index (χ1n) is 5.97. The number of halogens is 2. The summed E-state index contributed by atoms with van der Waals surface area (Å²) < 4.78 is 1.11. The summed E-state index contributed by atoms with van der Waals surface area (Å²) >= 11 is 8.31. The van der Waals surface area contributed by atoms with Crippen molar-refractivity contribution in [3.05, 3.63) is 32.4 Å². The zero-order chi connectivity index (χ0) is 12.7. The Labute approximate surface area is 123 Å². The Hall–Kier alpha value is 0.160. The van der Waals surface area contributed by atoms with Crippen LogP contribution in [0.4, 0.5) is 0 Å². The Morgan fingerprint density at radius 1 is 1.29 bits per heavy atom. The van der Waals surface area contributed by atoms with Crippen LogP contribution in [0.2, 0.25) is 5.02 Å². The Balaban J connectivity index is 2.16. The maximum atomic E-state index is 6.07. The molecule has 0 amide bonds. The van der Waals surface area contributed by atoms with Crippen LogP contribution in [0.25, 0.3) is 0 Å². The normalized spacial score (nSPS) is 11.1. The molecule has 0 radical (unpaired) electrons. The third-order valence-electron chi connectivity index (χ3n) is 2.40. The van der Waals surface area contributed by atoms with Crippen molar-refractivity contribution in [3.8, 4) is 0 Å². The molecule has 0 aliphatic carbocycles. The molecule has 0 aliphatic rings. The molecule has 0 saturated carbocycles. The highest BCUT2D eigenvalue weighted by molar-refractivity contribution is 14.1. The van der Waals surface area contributed by atoms with Gasteiger partial charge in [0.1, 0.15) is 0 Å². The number of hydrogen-bond acceptors (Lipinski definition) is 2. The smallest absolute Gasteiger partial charge is 0.0542 e. The molecule has 0 saturated heterocycles. The van der Waals surface area contributed by atoms with E-state index >= 15 is 0 Å². The van der Waals surface area contributed by atoms with E-state index < -0.39 is 0 Å². The summed E-state index contributed by atoms with van der Waals surface area (Å²) in [4.78, 5) is 0. The lowest BCUT2D eigenvalue weighted by atomic mass is 10.2. The summed E-state index contributed by atoms with van der Waals surface area (Å²) in [6, 6.07) is 6.78. The van der Waals surface area contributed by atoms with Crippen LogP contribution in [-0.2, 0) is 6.54 Å². The Morgan fingerprint density at radius 3 is 2.71 bits per heavy atom. The summed E-state index contributed by atoms with van der Waals surface area (Å²) in [6.07, 6.45) is 1.15. The third kappa shape index (κ3) is 6.60. The molecule has 4 heteroatoms. The Kier molecular flexibility index (Phi) is 7.43. The Morgan fingerprint density at radius 2 is 2.06 bits per heavy atom. The van der Waals surface area contributed by atoms with Gasteiger partial charge in [-0.3, -0.25) is 0 Å². The van der Waals surface area contributed by atoms with E-state index in [4.69, 9.17) is 11.6 Å². The molecule has 17 heavy (non-hydrogen) atoms. The van der Waals surface area contributed by atoms with E-state index in [1.807, 2.05) is 6.07 Å². The topological polar surface area (TPSA) is 24.1 Å². The van der Waals surface area contributed by atoms with E-state index in [1.165, 1.54) is 5.56 Å². The zero-order valence-corrected chi connectivity index (χ0v) is 13.3. The first kappa shape index (κ1) is 15.2. The van der Waals surface area contributed by atoms with Gasteiger partial charge in [-0.05, 0) is 59.8 Å². The van der Waals surface area contributed by atoms with E-state index in [2.05, 4.69) is 59.2 Å². The predicted octanol–water partition coefficient (Wildman–Crippen LogP) is 3.42. The van der Waals surface area contributed by atoms with Crippen LogP contribution in [0.15, 0.2) is 18.2 Å². The largest absolute Gasteiger partial charge is 0.314 e. The molecule has 0 atom stereocenters. The van der Waals surface area contributed by atoms with Gasteiger partial charge in [-0.2, -0.15) is 0 Å². The SMILES string of the molecule is CC(C)NCCCNCc1ccc(I)c(Cl)c1. The van der Waals surface area contributed by atoms with Crippen LogP contribution in [0, 0.1) is 3.57 Å². The van der Waals surface area contributed by atoms with E-state index in [0.29, 0.717) is 6.04 Å². The first-order valence-corrected chi connectivity index (χ1v) is 7.43. The molecule has 0 spiro atoms. The van der Waals surface area contributed by atoms with Crippen molar-refractivity contribution >= 4 is 34.2 Å². The second kappa shape index (κ2) is 8.29.